The van der Waals surface area contributed by atoms with Gasteiger partial charge in [-0.05, 0) is 29.2 Å². The van der Waals surface area contributed by atoms with E-state index in [-0.39, 0.29) is 0 Å². The molecule has 0 aliphatic heterocycles. The largest absolute Gasteiger partial charge is 0.385 e. The zero-order valence-electron chi connectivity index (χ0n) is 10.5. The van der Waals surface area contributed by atoms with Crippen LogP contribution in [-0.4, -0.2) is 6.54 Å². The van der Waals surface area contributed by atoms with Crippen LogP contribution in [0.15, 0.2) is 54.6 Å². The van der Waals surface area contributed by atoms with Crippen LogP contribution in [0.3, 0.4) is 0 Å². The first kappa shape index (κ1) is 11.7. The highest BCUT2D eigenvalue weighted by Crippen LogP contribution is 2.20. The summed E-state index contributed by atoms with van der Waals surface area (Å²) in [5.74, 6) is 0.670. The van der Waals surface area contributed by atoms with Gasteiger partial charge < -0.3 is 5.32 Å². The van der Waals surface area contributed by atoms with Crippen LogP contribution in [0.2, 0.25) is 0 Å². The highest BCUT2D eigenvalue weighted by Gasteiger charge is 1.98. The third-order valence-corrected chi connectivity index (χ3v) is 2.71. The Kier molecular flexibility index (Phi) is 3.81. The number of rotatable bonds is 4. The number of benzene rings is 2. The van der Waals surface area contributed by atoms with Crippen molar-refractivity contribution in [3.63, 3.8) is 0 Å². The van der Waals surface area contributed by atoms with Gasteiger partial charge in [0.1, 0.15) is 0 Å². The molecule has 0 aliphatic carbocycles. The molecule has 1 nitrogen and oxygen atoms in total. The second-order valence-electron chi connectivity index (χ2n) is 4.72. The summed E-state index contributed by atoms with van der Waals surface area (Å²) in [5.41, 5.74) is 3.72. The van der Waals surface area contributed by atoms with E-state index in [9.17, 15) is 0 Å². The predicted molar refractivity (Wildman–Crippen MR) is 75.2 cm³/mol. The zero-order valence-corrected chi connectivity index (χ0v) is 10.5. The van der Waals surface area contributed by atoms with Gasteiger partial charge in [-0.2, -0.15) is 0 Å². The lowest BCUT2D eigenvalue weighted by atomic mass is 10.1. The minimum Gasteiger partial charge on any atom is -0.385 e. The molecular weight excluding hydrogens is 206 g/mol. The smallest absolute Gasteiger partial charge is 0.0340 e. The van der Waals surface area contributed by atoms with Crippen LogP contribution in [0.1, 0.15) is 13.8 Å². The Labute approximate surface area is 103 Å². The lowest BCUT2D eigenvalue weighted by molar-refractivity contribution is 0.689. The number of hydrogen-bond donors (Lipinski definition) is 1. The van der Waals surface area contributed by atoms with E-state index in [0.717, 1.165) is 6.54 Å². The molecule has 0 aromatic heterocycles. The summed E-state index contributed by atoms with van der Waals surface area (Å²) in [5, 5.41) is 3.42. The summed E-state index contributed by atoms with van der Waals surface area (Å²) in [6, 6.07) is 19.1. The Balaban J connectivity index is 2.08. The first-order valence-corrected chi connectivity index (χ1v) is 6.15. The van der Waals surface area contributed by atoms with Gasteiger partial charge in [0.05, 0.1) is 0 Å². The van der Waals surface area contributed by atoms with Crippen LogP contribution in [0.5, 0.6) is 0 Å². The Morgan fingerprint density at radius 3 is 2.00 bits per heavy atom. The summed E-state index contributed by atoms with van der Waals surface area (Å²) in [7, 11) is 0. The van der Waals surface area contributed by atoms with Gasteiger partial charge in [0.25, 0.3) is 0 Å². The first-order valence-electron chi connectivity index (χ1n) is 6.15. The average molecular weight is 225 g/mol. The van der Waals surface area contributed by atoms with E-state index in [1.807, 2.05) is 6.07 Å². The molecule has 1 N–H and O–H groups in total. The fourth-order valence-corrected chi connectivity index (χ4v) is 1.73. The van der Waals surface area contributed by atoms with Crippen LogP contribution < -0.4 is 5.32 Å². The van der Waals surface area contributed by atoms with Crippen molar-refractivity contribution < 1.29 is 0 Å². The molecule has 17 heavy (non-hydrogen) atoms. The van der Waals surface area contributed by atoms with Crippen molar-refractivity contribution in [2.24, 2.45) is 5.92 Å². The Hall–Kier alpha value is -1.76. The zero-order chi connectivity index (χ0) is 12.1. The van der Waals surface area contributed by atoms with Gasteiger partial charge in [-0.1, -0.05) is 56.3 Å². The van der Waals surface area contributed by atoms with Crippen LogP contribution >= 0.6 is 0 Å². The van der Waals surface area contributed by atoms with Crippen LogP contribution in [-0.2, 0) is 0 Å². The normalized spacial score (nSPS) is 10.5. The van der Waals surface area contributed by atoms with Crippen molar-refractivity contribution in [3.05, 3.63) is 54.6 Å². The third-order valence-electron chi connectivity index (χ3n) is 2.71. The van der Waals surface area contributed by atoms with Crippen molar-refractivity contribution in [2.75, 3.05) is 11.9 Å². The third kappa shape index (κ3) is 3.35. The Bertz CT molecular complexity index is 443. The molecule has 0 unspecified atom stereocenters. The minimum absolute atomic E-state index is 0.670. The summed E-state index contributed by atoms with van der Waals surface area (Å²) >= 11 is 0. The van der Waals surface area contributed by atoms with Crippen molar-refractivity contribution in [3.8, 4) is 11.1 Å². The van der Waals surface area contributed by atoms with E-state index in [1.54, 1.807) is 0 Å². The van der Waals surface area contributed by atoms with Gasteiger partial charge in [0.15, 0.2) is 0 Å². The maximum atomic E-state index is 3.42. The van der Waals surface area contributed by atoms with Crippen molar-refractivity contribution in [1.82, 2.24) is 0 Å². The van der Waals surface area contributed by atoms with Gasteiger partial charge in [-0.3, -0.25) is 0 Å². The van der Waals surface area contributed by atoms with Gasteiger partial charge in [0.2, 0.25) is 0 Å². The molecule has 0 spiro atoms. The van der Waals surface area contributed by atoms with E-state index in [0.29, 0.717) is 5.92 Å². The van der Waals surface area contributed by atoms with Crippen LogP contribution in [0, 0.1) is 5.92 Å². The molecule has 0 aliphatic rings. The van der Waals surface area contributed by atoms with Gasteiger partial charge in [0, 0.05) is 12.2 Å². The molecule has 0 bridgehead atoms. The van der Waals surface area contributed by atoms with Gasteiger partial charge in [-0.25, -0.2) is 0 Å². The molecule has 0 fully saturated rings. The highest BCUT2D eigenvalue weighted by atomic mass is 14.9. The maximum absolute atomic E-state index is 3.42. The lowest BCUT2D eigenvalue weighted by Gasteiger charge is -2.09. The van der Waals surface area contributed by atoms with Gasteiger partial charge >= 0.3 is 0 Å². The number of nitrogens with one attached hydrogen (secondary N) is 1. The average Bonchev–Trinajstić information content (AvgIpc) is 2.38. The molecule has 0 saturated heterocycles. The molecule has 0 atom stereocenters. The number of anilines is 1. The van der Waals surface area contributed by atoms with E-state index < -0.39 is 0 Å². The molecule has 2 rings (SSSR count). The van der Waals surface area contributed by atoms with Crippen molar-refractivity contribution >= 4 is 5.69 Å². The van der Waals surface area contributed by atoms with Crippen molar-refractivity contribution in [1.29, 1.82) is 0 Å². The van der Waals surface area contributed by atoms with E-state index in [1.165, 1.54) is 16.8 Å². The summed E-state index contributed by atoms with van der Waals surface area (Å²) in [6.45, 7) is 5.45. The maximum Gasteiger partial charge on any atom is 0.0340 e. The van der Waals surface area contributed by atoms with E-state index in [2.05, 4.69) is 67.7 Å². The van der Waals surface area contributed by atoms with Gasteiger partial charge in [-0.15, -0.1) is 0 Å². The minimum atomic E-state index is 0.670. The molecule has 2 aromatic rings. The Morgan fingerprint density at radius 1 is 0.824 bits per heavy atom. The summed E-state index contributed by atoms with van der Waals surface area (Å²) < 4.78 is 0. The molecule has 1 heteroatoms. The fourth-order valence-electron chi connectivity index (χ4n) is 1.73. The topological polar surface area (TPSA) is 12.0 Å². The van der Waals surface area contributed by atoms with Crippen LogP contribution in [0.25, 0.3) is 11.1 Å². The predicted octanol–water partition coefficient (Wildman–Crippen LogP) is 4.42. The second kappa shape index (κ2) is 5.53. The number of hydrogen-bond acceptors (Lipinski definition) is 1. The second-order valence-corrected chi connectivity index (χ2v) is 4.72. The molecule has 88 valence electrons. The quantitative estimate of drug-likeness (QED) is 0.812. The van der Waals surface area contributed by atoms with Crippen molar-refractivity contribution in [2.45, 2.75) is 13.8 Å². The standard InChI is InChI=1S/C16H19N/c1-13(2)12-17-16-10-8-15(9-11-16)14-6-4-3-5-7-14/h3-11,13,17H,12H2,1-2H3. The lowest BCUT2D eigenvalue weighted by Crippen LogP contribution is -2.07. The van der Waals surface area contributed by atoms with Crippen LogP contribution in [0.4, 0.5) is 5.69 Å². The first-order chi connectivity index (χ1) is 8.25. The molecular formula is C16H19N. The molecule has 0 radical (unpaired) electrons. The van der Waals surface area contributed by atoms with E-state index in [4.69, 9.17) is 0 Å². The molecule has 0 heterocycles. The molecule has 2 aromatic carbocycles. The summed E-state index contributed by atoms with van der Waals surface area (Å²) in [6.07, 6.45) is 0. The SMILES string of the molecule is CC(C)CNc1ccc(-c2ccccc2)cc1. The monoisotopic (exact) mass is 225 g/mol. The van der Waals surface area contributed by atoms with E-state index >= 15 is 0 Å². The highest BCUT2D eigenvalue weighted by molar-refractivity contribution is 5.65. The molecule has 0 amide bonds. The molecule has 0 saturated carbocycles. The Morgan fingerprint density at radius 2 is 1.41 bits per heavy atom. The fraction of sp³-hybridized carbons (Fsp3) is 0.250. The summed E-state index contributed by atoms with van der Waals surface area (Å²) in [4.78, 5) is 0.